The smallest absolute Gasteiger partial charge is 0.222 e. The minimum absolute atomic E-state index is 0.0878. The molecule has 1 aliphatic rings. The third-order valence-electron chi connectivity index (χ3n) is 2.51. The van der Waals surface area contributed by atoms with E-state index in [1.165, 1.54) is 12.8 Å². The molecule has 4 nitrogen and oxygen atoms in total. The Balaban J connectivity index is 1.94. The molecule has 1 heterocycles. The highest BCUT2D eigenvalue weighted by molar-refractivity contribution is 5.75. The summed E-state index contributed by atoms with van der Waals surface area (Å²) in [6, 6.07) is 0.609. The van der Waals surface area contributed by atoms with Crippen molar-refractivity contribution < 1.29 is 9.53 Å². The number of hydrogen-bond acceptors (Lipinski definition) is 3. The van der Waals surface area contributed by atoms with E-state index in [-0.39, 0.29) is 5.91 Å². The minimum Gasteiger partial charge on any atom is -0.384 e. The number of carbonyl (C=O) groups is 1. The van der Waals surface area contributed by atoms with Gasteiger partial charge < -0.3 is 15.4 Å². The van der Waals surface area contributed by atoms with Gasteiger partial charge in [-0.2, -0.15) is 0 Å². The number of rotatable bonds is 6. The Hall–Kier alpha value is -0.610. The maximum atomic E-state index is 11.2. The first-order valence-electron chi connectivity index (χ1n) is 5.32. The molecule has 1 fully saturated rings. The number of nitrogens with one attached hydrogen (secondary N) is 2. The second kappa shape index (κ2) is 6.79. The maximum absolute atomic E-state index is 11.2. The fourth-order valence-corrected chi connectivity index (χ4v) is 1.67. The van der Waals surface area contributed by atoms with Crippen LogP contribution in [0.3, 0.4) is 0 Å². The second-order valence-electron chi connectivity index (χ2n) is 3.67. The highest BCUT2D eigenvalue weighted by Crippen LogP contribution is 2.07. The molecule has 0 aromatic carbocycles. The highest BCUT2D eigenvalue weighted by Gasteiger charge is 2.13. The van der Waals surface area contributed by atoms with Gasteiger partial charge in [0, 0.05) is 26.1 Å². The van der Waals surface area contributed by atoms with Gasteiger partial charge in [-0.15, -0.1) is 0 Å². The van der Waals surface area contributed by atoms with Crippen LogP contribution in [0.5, 0.6) is 0 Å². The van der Waals surface area contributed by atoms with E-state index < -0.39 is 0 Å². The molecule has 4 heteroatoms. The van der Waals surface area contributed by atoms with Crippen molar-refractivity contribution in [3.63, 3.8) is 0 Å². The van der Waals surface area contributed by atoms with Crippen LogP contribution >= 0.6 is 0 Å². The van der Waals surface area contributed by atoms with Crippen molar-refractivity contribution in [3.8, 4) is 0 Å². The van der Waals surface area contributed by atoms with E-state index in [9.17, 15) is 4.79 Å². The third kappa shape index (κ3) is 4.58. The Labute approximate surface area is 85.4 Å². The van der Waals surface area contributed by atoms with Crippen molar-refractivity contribution in [2.75, 3.05) is 26.8 Å². The van der Waals surface area contributed by atoms with Crippen molar-refractivity contribution in [2.24, 2.45) is 0 Å². The van der Waals surface area contributed by atoms with Gasteiger partial charge in [-0.3, -0.25) is 4.79 Å². The van der Waals surface area contributed by atoms with Gasteiger partial charge in [0.1, 0.15) is 0 Å². The first-order valence-corrected chi connectivity index (χ1v) is 5.32. The Morgan fingerprint density at radius 2 is 2.50 bits per heavy atom. The van der Waals surface area contributed by atoms with Gasteiger partial charge in [0.25, 0.3) is 0 Å². The Bertz CT molecular complexity index is 168. The van der Waals surface area contributed by atoms with Crippen LogP contribution in [-0.2, 0) is 9.53 Å². The van der Waals surface area contributed by atoms with Gasteiger partial charge in [-0.05, 0) is 25.8 Å². The maximum Gasteiger partial charge on any atom is 0.222 e. The lowest BCUT2D eigenvalue weighted by Gasteiger charge is -2.10. The van der Waals surface area contributed by atoms with E-state index in [0.29, 0.717) is 19.1 Å². The molecule has 0 bridgehead atoms. The summed E-state index contributed by atoms with van der Waals surface area (Å²) in [5.41, 5.74) is 0. The SMILES string of the molecule is COCCC(=O)NCCC1CCCN1. The molecule has 1 rings (SSSR count). The zero-order valence-electron chi connectivity index (χ0n) is 8.84. The second-order valence-corrected chi connectivity index (χ2v) is 3.67. The summed E-state index contributed by atoms with van der Waals surface area (Å²) in [6.07, 6.45) is 4.02. The molecule has 14 heavy (non-hydrogen) atoms. The third-order valence-corrected chi connectivity index (χ3v) is 2.51. The lowest BCUT2D eigenvalue weighted by atomic mass is 10.1. The van der Waals surface area contributed by atoms with Crippen molar-refractivity contribution in [2.45, 2.75) is 31.7 Å². The average Bonchev–Trinajstić information content (AvgIpc) is 2.67. The molecule has 1 amide bonds. The van der Waals surface area contributed by atoms with E-state index in [0.717, 1.165) is 19.5 Å². The molecule has 2 N–H and O–H groups in total. The fraction of sp³-hybridized carbons (Fsp3) is 0.900. The van der Waals surface area contributed by atoms with Crippen LogP contribution in [0.1, 0.15) is 25.7 Å². The van der Waals surface area contributed by atoms with Crippen LogP contribution < -0.4 is 10.6 Å². The van der Waals surface area contributed by atoms with E-state index >= 15 is 0 Å². The summed E-state index contributed by atoms with van der Waals surface area (Å²) < 4.78 is 4.82. The Kier molecular flexibility index (Phi) is 5.56. The fourth-order valence-electron chi connectivity index (χ4n) is 1.67. The Morgan fingerprint density at radius 1 is 1.64 bits per heavy atom. The molecule has 0 saturated carbocycles. The monoisotopic (exact) mass is 200 g/mol. The van der Waals surface area contributed by atoms with Crippen LogP contribution in [0.2, 0.25) is 0 Å². The number of methoxy groups -OCH3 is 1. The van der Waals surface area contributed by atoms with Gasteiger partial charge in [0.2, 0.25) is 5.91 Å². The molecule has 0 radical (unpaired) electrons. The molecule has 0 aromatic rings. The molecular weight excluding hydrogens is 180 g/mol. The first-order chi connectivity index (χ1) is 6.83. The van der Waals surface area contributed by atoms with Crippen LogP contribution in [0.4, 0.5) is 0 Å². The van der Waals surface area contributed by atoms with E-state index in [1.807, 2.05) is 0 Å². The first kappa shape index (κ1) is 11.5. The van der Waals surface area contributed by atoms with Crippen molar-refractivity contribution >= 4 is 5.91 Å². The van der Waals surface area contributed by atoms with Crippen LogP contribution in [-0.4, -0.2) is 38.8 Å². The van der Waals surface area contributed by atoms with Gasteiger partial charge in [0.15, 0.2) is 0 Å². The van der Waals surface area contributed by atoms with Crippen LogP contribution in [0, 0.1) is 0 Å². The molecular formula is C10H20N2O2. The van der Waals surface area contributed by atoms with E-state index in [1.54, 1.807) is 7.11 Å². The lowest BCUT2D eigenvalue weighted by Crippen LogP contribution is -2.30. The molecule has 82 valence electrons. The average molecular weight is 200 g/mol. The predicted octanol–water partition coefficient (Wildman–Crippen LogP) is 0.281. The molecule has 0 aromatic heterocycles. The molecule has 1 atom stereocenters. The van der Waals surface area contributed by atoms with Crippen LogP contribution in [0.15, 0.2) is 0 Å². The van der Waals surface area contributed by atoms with Gasteiger partial charge in [0.05, 0.1) is 6.61 Å². The van der Waals surface area contributed by atoms with Gasteiger partial charge in [-0.25, -0.2) is 0 Å². The largest absolute Gasteiger partial charge is 0.384 e. The lowest BCUT2D eigenvalue weighted by molar-refractivity contribution is -0.121. The summed E-state index contributed by atoms with van der Waals surface area (Å²) in [6.45, 7) is 2.41. The normalized spacial score (nSPS) is 21.1. The molecule has 1 saturated heterocycles. The van der Waals surface area contributed by atoms with Crippen molar-refractivity contribution in [3.05, 3.63) is 0 Å². The molecule has 0 aliphatic carbocycles. The topological polar surface area (TPSA) is 50.4 Å². The minimum atomic E-state index is 0.0878. The van der Waals surface area contributed by atoms with Crippen LogP contribution in [0.25, 0.3) is 0 Å². The molecule has 0 spiro atoms. The summed E-state index contributed by atoms with van der Waals surface area (Å²) >= 11 is 0. The Morgan fingerprint density at radius 3 is 3.14 bits per heavy atom. The van der Waals surface area contributed by atoms with Gasteiger partial charge in [-0.1, -0.05) is 0 Å². The summed E-state index contributed by atoms with van der Waals surface area (Å²) in [5.74, 6) is 0.0878. The molecule has 1 unspecified atom stereocenters. The standard InChI is InChI=1S/C10H20N2O2/c1-14-8-5-10(13)12-7-4-9-3-2-6-11-9/h9,11H,2-8H2,1H3,(H,12,13). The highest BCUT2D eigenvalue weighted by atomic mass is 16.5. The summed E-state index contributed by atoms with van der Waals surface area (Å²) in [4.78, 5) is 11.2. The predicted molar refractivity (Wildman–Crippen MR) is 55.1 cm³/mol. The van der Waals surface area contributed by atoms with E-state index in [2.05, 4.69) is 10.6 Å². The number of carbonyl (C=O) groups excluding carboxylic acids is 1. The summed E-state index contributed by atoms with van der Waals surface area (Å²) in [5, 5.41) is 6.28. The number of hydrogen-bond donors (Lipinski definition) is 2. The number of ether oxygens (including phenoxy) is 1. The zero-order chi connectivity index (χ0) is 10.2. The van der Waals surface area contributed by atoms with Crippen molar-refractivity contribution in [1.82, 2.24) is 10.6 Å². The quantitative estimate of drug-likeness (QED) is 0.647. The molecule has 1 aliphatic heterocycles. The summed E-state index contributed by atoms with van der Waals surface area (Å²) in [7, 11) is 1.61. The van der Waals surface area contributed by atoms with Gasteiger partial charge >= 0.3 is 0 Å². The zero-order valence-corrected chi connectivity index (χ0v) is 8.84. The van der Waals surface area contributed by atoms with E-state index in [4.69, 9.17) is 4.74 Å². The number of amides is 1. The van der Waals surface area contributed by atoms with Crippen molar-refractivity contribution in [1.29, 1.82) is 0 Å².